The first-order chi connectivity index (χ1) is 9.33. The van der Waals surface area contributed by atoms with E-state index in [-0.39, 0.29) is 6.54 Å². The number of amides is 1. The lowest BCUT2D eigenvalue weighted by atomic mass is 10.1. The molecule has 0 aliphatic heterocycles. The van der Waals surface area contributed by atoms with Gasteiger partial charge in [-0.05, 0) is 11.1 Å². The lowest BCUT2D eigenvalue weighted by Gasteiger charge is -2.19. The molecule has 0 aliphatic carbocycles. The van der Waals surface area contributed by atoms with Crippen LogP contribution in [0.4, 0.5) is 13.2 Å². The number of nitrogens with two attached hydrogens (primary N) is 1. The van der Waals surface area contributed by atoms with Crippen molar-refractivity contribution in [1.82, 2.24) is 4.90 Å². The summed E-state index contributed by atoms with van der Waals surface area (Å²) in [7, 11) is 1.51. The Morgan fingerprint density at radius 3 is 2.45 bits per heavy atom. The highest BCUT2D eigenvalue weighted by Gasteiger charge is 2.28. The number of ether oxygens (including phenoxy) is 1. The van der Waals surface area contributed by atoms with Crippen molar-refractivity contribution in [1.29, 1.82) is 0 Å². The molecule has 0 aromatic heterocycles. The first-order valence-corrected chi connectivity index (χ1v) is 5.99. The van der Waals surface area contributed by atoms with E-state index in [1.165, 1.54) is 11.9 Å². The number of hydrogen-bond acceptors (Lipinski definition) is 3. The average molecular weight is 290 g/mol. The number of halogens is 3. The standard InChI is InChI=1S/C13H17F3N2O2/c1-18(12(19)8-20-9-13(14,15)16)7-11-5-3-2-4-10(11)6-17/h2-5H,6-9,17H2,1H3. The van der Waals surface area contributed by atoms with Crippen LogP contribution in [0, 0.1) is 0 Å². The third kappa shape index (κ3) is 5.58. The molecular formula is C13H17F3N2O2. The molecular weight excluding hydrogens is 273 g/mol. The van der Waals surface area contributed by atoms with Gasteiger partial charge in [0.1, 0.15) is 13.2 Å². The number of carbonyl (C=O) groups is 1. The van der Waals surface area contributed by atoms with Crippen molar-refractivity contribution in [3.05, 3.63) is 35.4 Å². The number of rotatable bonds is 6. The Morgan fingerprint density at radius 1 is 1.30 bits per heavy atom. The van der Waals surface area contributed by atoms with Crippen molar-refractivity contribution in [2.45, 2.75) is 19.3 Å². The van der Waals surface area contributed by atoms with Gasteiger partial charge < -0.3 is 15.4 Å². The number of nitrogens with zero attached hydrogens (tertiary/aromatic N) is 1. The van der Waals surface area contributed by atoms with Crippen LogP contribution in [0.1, 0.15) is 11.1 Å². The van der Waals surface area contributed by atoms with Crippen molar-refractivity contribution >= 4 is 5.91 Å². The summed E-state index contributed by atoms with van der Waals surface area (Å²) in [6.07, 6.45) is -4.43. The van der Waals surface area contributed by atoms with Crippen LogP contribution in [0.25, 0.3) is 0 Å². The van der Waals surface area contributed by atoms with E-state index in [4.69, 9.17) is 5.73 Å². The Bertz CT molecular complexity index is 449. The maximum Gasteiger partial charge on any atom is 0.411 e. The first kappa shape index (κ1) is 16.5. The molecule has 0 saturated carbocycles. The molecule has 20 heavy (non-hydrogen) atoms. The Hall–Kier alpha value is -1.60. The topological polar surface area (TPSA) is 55.6 Å². The normalized spacial score (nSPS) is 11.4. The number of likely N-dealkylation sites (N-methyl/N-ethyl adjacent to an activating group) is 1. The fourth-order valence-electron chi connectivity index (χ4n) is 1.62. The minimum absolute atomic E-state index is 0.279. The van der Waals surface area contributed by atoms with Crippen LogP contribution in [-0.4, -0.2) is 37.2 Å². The molecule has 2 N–H and O–H groups in total. The summed E-state index contributed by atoms with van der Waals surface area (Å²) in [5.74, 6) is -0.513. The third-order valence-electron chi connectivity index (χ3n) is 2.66. The van der Waals surface area contributed by atoms with Gasteiger partial charge in [0.15, 0.2) is 0 Å². The molecule has 1 aromatic rings. The number of benzene rings is 1. The fraction of sp³-hybridized carbons (Fsp3) is 0.462. The maximum atomic E-state index is 11.9. The van der Waals surface area contributed by atoms with Gasteiger partial charge in [0, 0.05) is 20.1 Å². The molecule has 112 valence electrons. The van der Waals surface area contributed by atoms with E-state index < -0.39 is 25.3 Å². The minimum atomic E-state index is -4.43. The van der Waals surface area contributed by atoms with Crippen molar-refractivity contribution in [3.63, 3.8) is 0 Å². The quantitative estimate of drug-likeness (QED) is 0.867. The molecule has 0 radical (unpaired) electrons. The third-order valence-corrected chi connectivity index (χ3v) is 2.66. The molecule has 0 heterocycles. The molecule has 0 atom stereocenters. The van der Waals surface area contributed by atoms with Crippen LogP contribution in [0.15, 0.2) is 24.3 Å². The summed E-state index contributed by atoms with van der Waals surface area (Å²) in [5.41, 5.74) is 7.33. The van der Waals surface area contributed by atoms with Crippen LogP contribution in [0.2, 0.25) is 0 Å². The largest absolute Gasteiger partial charge is 0.411 e. The molecule has 0 aliphatic rings. The summed E-state index contributed by atoms with van der Waals surface area (Å²) in [4.78, 5) is 12.9. The molecule has 7 heteroatoms. The smallest absolute Gasteiger partial charge is 0.362 e. The molecule has 0 unspecified atom stereocenters. The summed E-state index contributed by atoms with van der Waals surface area (Å²) < 4.78 is 40.0. The Kier molecular flexibility index (Phi) is 5.97. The van der Waals surface area contributed by atoms with Gasteiger partial charge in [-0.15, -0.1) is 0 Å². The van der Waals surface area contributed by atoms with E-state index in [2.05, 4.69) is 4.74 Å². The predicted octanol–water partition coefficient (Wildman–Crippen LogP) is 1.68. The van der Waals surface area contributed by atoms with Crippen LogP contribution < -0.4 is 5.73 Å². The van der Waals surface area contributed by atoms with Crippen molar-refractivity contribution in [2.75, 3.05) is 20.3 Å². The molecule has 0 saturated heterocycles. The van der Waals surface area contributed by atoms with Crippen molar-refractivity contribution in [3.8, 4) is 0 Å². The lowest BCUT2D eigenvalue weighted by Crippen LogP contribution is -2.32. The SMILES string of the molecule is CN(Cc1ccccc1CN)C(=O)COCC(F)(F)F. The molecule has 1 aromatic carbocycles. The van der Waals surface area contributed by atoms with Crippen LogP contribution in [0.3, 0.4) is 0 Å². The van der Waals surface area contributed by atoms with E-state index in [1.807, 2.05) is 24.3 Å². The molecule has 0 fully saturated rings. The van der Waals surface area contributed by atoms with Gasteiger partial charge in [0.25, 0.3) is 0 Å². The number of carbonyl (C=O) groups excluding carboxylic acids is 1. The molecule has 1 amide bonds. The summed E-state index contributed by atoms with van der Waals surface area (Å²) in [6, 6.07) is 7.31. The van der Waals surface area contributed by atoms with E-state index in [1.54, 1.807) is 0 Å². The zero-order valence-corrected chi connectivity index (χ0v) is 11.1. The van der Waals surface area contributed by atoms with Crippen LogP contribution >= 0.6 is 0 Å². The molecule has 0 spiro atoms. The van der Waals surface area contributed by atoms with Crippen LogP contribution in [-0.2, 0) is 22.6 Å². The van der Waals surface area contributed by atoms with Crippen LogP contribution in [0.5, 0.6) is 0 Å². The monoisotopic (exact) mass is 290 g/mol. The Balaban J connectivity index is 2.49. The van der Waals surface area contributed by atoms with Gasteiger partial charge >= 0.3 is 6.18 Å². The number of alkyl halides is 3. The molecule has 4 nitrogen and oxygen atoms in total. The van der Waals surface area contributed by atoms with Gasteiger partial charge in [-0.2, -0.15) is 13.2 Å². The summed E-state index contributed by atoms with van der Waals surface area (Å²) in [5, 5.41) is 0. The van der Waals surface area contributed by atoms with Gasteiger partial charge in [0.2, 0.25) is 5.91 Å². The van der Waals surface area contributed by atoms with Crippen molar-refractivity contribution < 1.29 is 22.7 Å². The second-order valence-electron chi connectivity index (χ2n) is 4.33. The van der Waals surface area contributed by atoms with Gasteiger partial charge in [0.05, 0.1) is 0 Å². The second kappa shape index (κ2) is 7.25. The Morgan fingerprint density at radius 2 is 1.90 bits per heavy atom. The first-order valence-electron chi connectivity index (χ1n) is 5.99. The molecule has 1 rings (SSSR count). The van der Waals surface area contributed by atoms with E-state index in [0.29, 0.717) is 6.54 Å². The summed E-state index contributed by atoms with van der Waals surface area (Å²) in [6.45, 7) is -1.41. The highest BCUT2D eigenvalue weighted by molar-refractivity contribution is 5.77. The van der Waals surface area contributed by atoms with E-state index >= 15 is 0 Å². The fourth-order valence-corrected chi connectivity index (χ4v) is 1.62. The van der Waals surface area contributed by atoms with Gasteiger partial charge in [-0.25, -0.2) is 0 Å². The van der Waals surface area contributed by atoms with E-state index in [9.17, 15) is 18.0 Å². The van der Waals surface area contributed by atoms with Gasteiger partial charge in [-0.3, -0.25) is 4.79 Å². The summed E-state index contributed by atoms with van der Waals surface area (Å²) >= 11 is 0. The zero-order chi connectivity index (χ0) is 15.2. The zero-order valence-electron chi connectivity index (χ0n) is 11.1. The maximum absolute atomic E-state index is 11.9. The van der Waals surface area contributed by atoms with E-state index in [0.717, 1.165) is 11.1 Å². The predicted molar refractivity (Wildman–Crippen MR) is 67.7 cm³/mol. The lowest BCUT2D eigenvalue weighted by molar-refractivity contribution is -0.177. The Labute approximate surface area is 115 Å². The van der Waals surface area contributed by atoms with Gasteiger partial charge in [-0.1, -0.05) is 24.3 Å². The number of hydrogen-bond donors (Lipinski definition) is 1. The van der Waals surface area contributed by atoms with Crippen molar-refractivity contribution in [2.24, 2.45) is 5.73 Å². The highest BCUT2D eigenvalue weighted by Crippen LogP contribution is 2.14. The average Bonchev–Trinajstić information content (AvgIpc) is 2.37. The molecule has 0 bridgehead atoms. The second-order valence-corrected chi connectivity index (χ2v) is 4.33. The highest BCUT2D eigenvalue weighted by atomic mass is 19.4. The minimum Gasteiger partial charge on any atom is -0.362 e.